The molecule has 0 radical (unpaired) electrons. The van der Waals surface area contributed by atoms with Crippen LogP contribution in [-0.4, -0.2) is 299 Å². The summed E-state index contributed by atoms with van der Waals surface area (Å²) in [5.41, 5.74) is 51.1. The monoisotopic (exact) mass is 2010 g/mol. The van der Waals surface area contributed by atoms with Gasteiger partial charge in [0.25, 0.3) is 0 Å². The fraction of sp³-hybridized carbons (Fsp3) is 0.420. The molecule has 0 saturated carbocycles. The number of nitrogen functional groups attached to an aromatic ring is 4. The molecule has 0 bridgehead atoms. The Morgan fingerprint density at radius 3 is 1.26 bits per heavy atom. The third kappa shape index (κ3) is 38.2. The molecule has 774 valence electrons. The summed E-state index contributed by atoms with van der Waals surface area (Å²) in [6.45, 7) is 34.0. The van der Waals surface area contributed by atoms with Gasteiger partial charge in [-0.3, -0.25) is 32.1 Å². The summed E-state index contributed by atoms with van der Waals surface area (Å²) in [5, 5.41) is 48.3. The molecule has 17 N–H and O–H groups in total. The van der Waals surface area contributed by atoms with Crippen LogP contribution in [0.4, 0.5) is 79.7 Å². The van der Waals surface area contributed by atoms with Crippen LogP contribution in [0.25, 0.3) is 0 Å². The molecule has 0 amide bonds. The summed E-state index contributed by atoms with van der Waals surface area (Å²) in [7, 11) is 3.74. The molecular formula is C100H136N32O12S. The van der Waals surface area contributed by atoms with Crippen LogP contribution in [0.2, 0.25) is 0 Å². The molecule has 5 saturated heterocycles. The molecule has 5 aliphatic heterocycles. The van der Waals surface area contributed by atoms with Crippen molar-refractivity contribution in [3.8, 4) is 29.8 Å². The molecule has 11 aromatic rings. The van der Waals surface area contributed by atoms with Crippen LogP contribution in [0.15, 0.2) is 165 Å². The highest BCUT2D eigenvalue weighted by molar-refractivity contribution is 7.16. The number of hydrogen-bond donors (Lipinski definition) is 13. The molecule has 0 atom stereocenters. The number of morpholine rings is 5. The van der Waals surface area contributed by atoms with Gasteiger partial charge in [-0.15, -0.1) is 11.3 Å². The van der Waals surface area contributed by atoms with E-state index < -0.39 is 11.2 Å². The molecular weight excluding hydrogens is 1870 g/mol. The van der Waals surface area contributed by atoms with Crippen LogP contribution in [-0.2, 0) is 36.5 Å². The second kappa shape index (κ2) is 57.0. The van der Waals surface area contributed by atoms with Crippen LogP contribution in [0, 0.1) is 27.7 Å². The maximum atomic E-state index is 9.95. The number of aliphatic hydroxyl groups is 2. The number of aromatic nitrogens is 11. The Labute approximate surface area is 849 Å². The van der Waals surface area contributed by atoms with E-state index >= 15 is 0 Å². The number of nitrogens with zero attached hydrogens (tertiary/aromatic N) is 21. The zero-order chi connectivity index (χ0) is 103. The van der Waals surface area contributed by atoms with Gasteiger partial charge in [-0.2, -0.15) is 65.4 Å². The maximum Gasteiger partial charge on any atom is 0.321 e. The SMILES string of the molecule is CCc1ccc(N/N=C/c2cc(N3CCOCC3)nc(OCCc3ccccn3)n2)s1.CNCCOc1cc(/C=N/Nc2cc(C)ccc2N)nc(N2CCOCC2)n1.CNCCOc1nc(/C=N/Nc2cc(C)ccc2N)nc(N2CCOCC2)n1.Cc1ccc(N)c(N/N=C/c2cc(N3CCOCC3)cc(OCC(C)(C)O)n2)c1.Cc1ccc(N)c(N/N=C/c2cc(N3CCOCC3)nc(OCC(C)(C)O)n2)c1. The molecule has 145 heavy (non-hydrogen) atoms. The molecule has 0 aliphatic carbocycles. The third-order valence-corrected chi connectivity index (χ3v) is 22.7. The van der Waals surface area contributed by atoms with Crippen molar-refractivity contribution in [2.75, 3.05) is 266 Å². The van der Waals surface area contributed by atoms with Crippen LogP contribution in [0.1, 0.15) is 96.0 Å². The Hall–Kier alpha value is -14.7. The zero-order valence-corrected chi connectivity index (χ0v) is 85.1. The first-order chi connectivity index (χ1) is 70.2. The summed E-state index contributed by atoms with van der Waals surface area (Å²) in [4.78, 5) is 61.1. The van der Waals surface area contributed by atoms with Crippen molar-refractivity contribution in [2.45, 2.75) is 86.4 Å². The normalized spacial score (nSPS) is 14.6. The predicted octanol–water partition coefficient (Wildman–Crippen LogP) is 9.49. The molecule has 5 fully saturated rings. The van der Waals surface area contributed by atoms with Gasteiger partial charge in [0.1, 0.15) is 43.1 Å². The number of benzene rings is 4. The topological polar surface area (TPSA) is 541 Å². The number of ether oxygens (including phenoxy) is 10. The number of thiophene rings is 1. The van der Waals surface area contributed by atoms with Crippen molar-refractivity contribution >= 4 is 122 Å². The first-order valence-corrected chi connectivity index (χ1v) is 48.9. The van der Waals surface area contributed by atoms with Crippen molar-refractivity contribution in [2.24, 2.45) is 25.5 Å². The molecule has 44 nitrogen and oxygen atoms in total. The predicted molar refractivity (Wildman–Crippen MR) is 573 cm³/mol. The summed E-state index contributed by atoms with van der Waals surface area (Å²) in [6, 6.07) is 43.0. The summed E-state index contributed by atoms with van der Waals surface area (Å²) in [6.07, 6.45) is 11.6. The third-order valence-electron chi connectivity index (χ3n) is 21.6. The Kier molecular flexibility index (Phi) is 42.9. The number of rotatable bonds is 39. The minimum atomic E-state index is -0.989. The number of anilines is 14. The van der Waals surface area contributed by atoms with E-state index in [-0.39, 0.29) is 25.2 Å². The number of pyridine rings is 2. The highest BCUT2D eigenvalue weighted by Gasteiger charge is 2.25. The van der Waals surface area contributed by atoms with Crippen molar-refractivity contribution in [3.05, 3.63) is 201 Å². The average molecular weight is 2010 g/mol. The molecule has 0 spiro atoms. The van der Waals surface area contributed by atoms with Gasteiger partial charge in [0.2, 0.25) is 23.7 Å². The Morgan fingerprint density at radius 2 is 0.800 bits per heavy atom. The van der Waals surface area contributed by atoms with E-state index in [2.05, 4.69) is 151 Å². The van der Waals surface area contributed by atoms with E-state index in [1.165, 1.54) is 11.1 Å². The van der Waals surface area contributed by atoms with Crippen molar-refractivity contribution in [1.29, 1.82) is 0 Å². The quantitative estimate of drug-likeness (QED) is 0.00737. The van der Waals surface area contributed by atoms with Crippen LogP contribution in [0.5, 0.6) is 29.8 Å². The van der Waals surface area contributed by atoms with Gasteiger partial charge in [0, 0.05) is 132 Å². The standard InChI is InChI=1S/C22H26N6O2S.C21H29N5O3.C20H28N6O3.C19H27N7O2.C18H26N8O2/c1-2-19-6-7-21(31-19)27-24-16-18-15-20(28-10-13-29-14-11-28)26-22(25-18)30-12-8-17-5-3-4-9-23-17;1-15-4-5-18(22)19(10-15)25-23-13-16-11-17(26-6-8-28-9-7-26)12-20(24-16)29-14-21(2,3)27;1-14-4-5-16(21)17(10-14)25-22-12-15-11-18(26-6-8-28-9-7-26)24-19(23-15)29-13-20(2,3)27;1-14-3-4-16(20)17(11-14)25-22-13-15-12-18(28-8-5-21-2)24-19(23-15)26-6-9-27-10-7-26;1-13-3-4-14(19)15(11-13)25-21-12-16-22-17(26-6-9-27-10-7-26)24-18(23-16)28-8-5-20-2/h3-7,9,15-16,27H,2,8,10-14H2,1H3;4-5,10-13,25,27H,6-9,14,22H2,1-3H3;4-5,10-12,25,27H,6-9,13,21H2,1-3H3;3-4,11-13,21,25H,5-10,20H2,1-2H3;3-4,11-12,20,25H,5-10,19H2,1-2H3/b24-16+;23-13+;22-12+;22-13+;21-12+. The average Bonchev–Trinajstić information content (AvgIpc) is 1.12. The van der Waals surface area contributed by atoms with Crippen LogP contribution in [0.3, 0.4) is 0 Å². The Bertz CT molecular complexity index is 5710. The van der Waals surface area contributed by atoms with E-state index in [4.69, 9.17) is 70.3 Å². The minimum Gasteiger partial charge on any atom is -0.476 e. The number of hydrazone groups is 5. The molecule has 12 heterocycles. The number of hydrogen-bond acceptors (Lipinski definition) is 45. The van der Waals surface area contributed by atoms with E-state index in [1.807, 2.05) is 168 Å². The fourth-order valence-electron chi connectivity index (χ4n) is 13.9. The molecule has 16 rings (SSSR count). The number of nitrogens with two attached hydrogens (primary N) is 4. The second-order valence-corrected chi connectivity index (χ2v) is 36.2. The zero-order valence-electron chi connectivity index (χ0n) is 84.3. The van der Waals surface area contributed by atoms with E-state index in [1.54, 1.807) is 76.2 Å². The lowest BCUT2D eigenvalue weighted by Crippen LogP contribution is -2.37. The van der Waals surface area contributed by atoms with Crippen LogP contribution >= 0.6 is 11.3 Å². The minimum absolute atomic E-state index is 0.0776. The summed E-state index contributed by atoms with van der Waals surface area (Å²) >= 11 is 1.70. The molecule has 4 aromatic carbocycles. The van der Waals surface area contributed by atoms with Gasteiger partial charge in [-0.05, 0) is 177 Å². The van der Waals surface area contributed by atoms with Gasteiger partial charge in [0.05, 0.1) is 183 Å². The largest absolute Gasteiger partial charge is 0.476 e. The first kappa shape index (κ1) is 109. The van der Waals surface area contributed by atoms with E-state index in [9.17, 15) is 10.2 Å². The number of nitrogens with one attached hydrogen (secondary N) is 7. The summed E-state index contributed by atoms with van der Waals surface area (Å²) < 4.78 is 55.7. The first-order valence-electron chi connectivity index (χ1n) is 48.1. The Morgan fingerprint density at radius 1 is 0.393 bits per heavy atom. The molecule has 7 aromatic heterocycles. The van der Waals surface area contributed by atoms with E-state index in [0.29, 0.717) is 193 Å². The highest BCUT2D eigenvalue weighted by atomic mass is 32.1. The highest BCUT2D eigenvalue weighted by Crippen LogP contribution is 2.30. The maximum absolute atomic E-state index is 9.95. The molecule has 45 heteroatoms. The van der Waals surface area contributed by atoms with E-state index in [0.717, 1.165) is 138 Å². The lowest BCUT2D eigenvalue weighted by Gasteiger charge is -2.29. The van der Waals surface area contributed by atoms with Gasteiger partial charge in [0.15, 0.2) is 5.82 Å². The van der Waals surface area contributed by atoms with Crippen molar-refractivity contribution in [3.63, 3.8) is 0 Å². The molecule has 5 aliphatic rings. The number of likely N-dealkylation sites (N-methyl/N-ethyl adjacent to an activating group) is 2. The second-order valence-electron chi connectivity index (χ2n) is 35.0. The summed E-state index contributed by atoms with van der Waals surface area (Å²) in [5.74, 6) is 4.06. The van der Waals surface area contributed by atoms with Crippen molar-refractivity contribution < 1.29 is 57.6 Å². The van der Waals surface area contributed by atoms with Gasteiger partial charge in [-0.25, -0.2) is 9.97 Å². The fourth-order valence-corrected chi connectivity index (χ4v) is 14.7. The lowest BCUT2D eigenvalue weighted by molar-refractivity contribution is 0.0249. The smallest absolute Gasteiger partial charge is 0.321 e. The Balaban J connectivity index is 0.000000161. The number of aryl methyl sites for hydroxylation is 5. The van der Waals surface area contributed by atoms with Gasteiger partial charge >= 0.3 is 18.0 Å². The molecule has 0 unspecified atom stereocenters. The lowest BCUT2D eigenvalue weighted by atomic mass is 10.2. The van der Waals surface area contributed by atoms with Crippen molar-refractivity contribution in [1.82, 2.24) is 65.5 Å². The van der Waals surface area contributed by atoms with Gasteiger partial charge in [-0.1, -0.05) is 37.3 Å². The van der Waals surface area contributed by atoms with Crippen LogP contribution < -0.4 is 109 Å². The van der Waals surface area contributed by atoms with Gasteiger partial charge < -0.3 is 116 Å².